The minimum atomic E-state index is 0.870. The van der Waals surface area contributed by atoms with Gasteiger partial charge >= 0.3 is 0 Å². The van der Waals surface area contributed by atoms with E-state index >= 15 is 0 Å². The van der Waals surface area contributed by atoms with Crippen molar-refractivity contribution in [3.63, 3.8) is 0 Å². The molecule has 3 heteroatoms. The Morgan fingerprint density at radius 3 is 2.75 bits per heavy atom. The van der Waals surface area contributed by atoms with Crippen LogP contribution in [0.1, 0.15) is 50.3 Å². The zero-order valence-corrected chi connectivity index (χ0v) is 13.3. The normalized spacial score (nSPS) is 16.4. The monoisotopic (exact) mass is 275 g/mol. The van der Waals surface area contributed by atoms with Crippen LogP contribution in [0.3, 0.4) is 0 Å². The van der Waals surface area contributed by atoms with Gasteiger partial charge in [0.25, 0.3) is 0 Å². The van der Waals surface area contributed by atoms with Gasteiger partial charge in [-0.05, 0) is 38.3 Å². The van der Waals surface area contributed by atoms with Gasteiger partial charge in [0.15, 0.2) is 0 Å². The van der Waals surface area contributed by atoms with Crippen LogP contribution in [0.15, 0.2) is 12.3 Å². The molecule has 20 heavy (non-hydrogen) atoms. The second-order valence-electron chi connectivity index (χ2n) is 6.12. The first kappa shape index (κ1) is 15.3. The minimum Gasteiger partial charge on any atom is -0.374 e. The van der Waals surface area contributed by atoms with Crippen LogP contribution in [0, 0.1) is 12.8 Å². The van der Waals surface area contributed by atoms with Crippen molar-refractivity contribution in [1.29, 1.82) is 0 Å². The molecule has 1 heterocycles. The molecule has 0 radical (unpaired) electrons. The van der Waals surface area contributed by atoms with Gasteiger partial charge < -0.3 is 10.2 Å². The molecule has 0 saturated heterocycles. The average Bonchev–Trinajstić information content (AvgIpc) is 2.47. The Balaban J connectivity index is 2.06. The highest BCUT2D eigenvalue weighted by atomic mass is 15.1. The van der Waals surface area contributed by atoms with Crippen LogP contribution in [0.2, 0.25) is 0 Å². The summed E-state index contributed by atoms with van der Waals surface area (Å²) >= 11 is 0. The molecule has 1 aromatic heterocycles. The summed E-state index contributed by atoms with van der Waals surface area (Å²) in [5.74, 6) is 0.870. The van der Waals surface area contributed by atoms with Gasteiger partial charge in [-0.15, -0.1) is 0 Å². The number of rotatable bonds is 6. The summed E-state index contributed by atoms with van der Waals surface area (Å²) in [4.78, 5) is 6.90. The predicted octanol–water partition coefficient (Wildman–Crippen LogP) is 3.52. The lowest BCUT2D eigenvalue weighted by Crippen LogP contribution is -2.28. The summed E-state index contributed by atoms with van der Waals surface area (Å²) in [5.41, 5.74) is 3.77. The van der Waals surface area contributed by atoms with E-state index in [1.807, 2.05) is 6.20 Å². The molecule has 0 spiro atoms. The number of anilines is 1. The maximum Gasteiger partial charge on any atom is 0.0443 e. The fraction of sp³-hybridized carbons (Fsp3) is 0.706. The Morgan fingerprint density at radius 2 is 2.05 bits per heavy atom. The van der Waals surface area contributed by atoms with Crippen molar-refractivity contribution in [2.24, 2.45) is 5.92 Å². The first-order valence-electron chi connectivity index (χ1n) is 8.08. The summed E-state index contributed by atoms with van der Waals surface area (Å²) in [6.07, 6.45) is 9.09. The molecule has 2 rings (SSSR count). The van der Waals surface area contributed by atoms with E-state index in [0.29, 0.717) is 0 Å². The number of aromatic nitrogens is 1. The molecule has 0 aromatic carbocycles. The van der Waals surface area contributed by atoms with Crippen molar-refractivity contribution in [3.05, 3.63) is 23.5 Å². The van der Waals surface area contributed by atoms with Gasteiger partial charge in [-0.1, -0.05) is 26.2 Å². The third kappa shape index (κ3) is 4.20. The van der Waals surface area contributed by atoms with E-state index in [9.17, 15) is 0 Å². The second-order valence-corrected chi connectivity index (χ2v) is 6.12. The largest absolute Gasteiger partial charge is 0.374 e. The van der Waals surface area contributed by atoms with E-state index < -0.39 is 0 Å². The van der Waals surface area contributed by atoms with Gasteiger partial charge in [-0.2, -0.15) is 0 Å². The molecule has 0 unspecified atom stereocenters. The number of hydrogen-bond donors (Lipinski definition) is 1. The van der Waals surface area contributed by atoms with Crippen molar-refractivity contribution in [2.75, 3.05) is 25.0 Å². The van der Waals surface area contributed by atoms with Crippen molar-refractivity contribution in [1.82, 2.24) is 10.3 Å². The molecule has 0 amide bonds. The number of pyridine rings is 1. The maximum atomic E-state index is 4.46. The predicted molar refractivity (Wildman–Crippen MR) is 86.2 cm³/mol. The van der Waals surface area contributed by atoms with Crippen LogP contribution in [0.25, 0.3) is 0 Å². The lowest BCUT2D eigenvalue weighted by atomic mass is 9.89. The highest BCUT2D eigenvalue weighted by molar-refractivity contribution is 5.53. The fourth-order valence-electron chi connectivity index (χ4n) is 3.18. The van der Waals surface area contributed by atoms with Crippen LogP contribution >= 0.6 is 0 Å². The molecule has 3 nitrogen and oxygen atoms in total. The highest BCUT2D eigenvalue weighted by Gasteiger charge is 2.17. The van der Waals surface area contributed by atoms with Gasteiger partial charge in [-0.25, -0.2) is 0 Å². The highest BCUT2D eigenvalue weighted by Crippen LogP contribution is 2.27. The van der Waals surface area contributed by atoms with Crippen molar-refractivity contribution < 1.29 is 0 Å². The third-order valence-electron chi connectivity index (χ3n) is 4.33. The summed E-state index contributed by atoms with van der Waals surface area (Å²) in [5, 5.41) is 3.42. The van der Waals surface area contributed by atoms with Crippen molar-refractivity contribution in [2.45, 2.75) is 52.5 Å². The van der Waals surface area contributed by atoms with Crippen molar-refractivity contribution in [3.8, 4) is 0 Å². The Morgan fingerprint density at radius 1 is 1.30 bits per heavy atom. The number of hydrogen-bond acceptors (Lipinski definition) is 3. The lowest BCUT2D eigenvalue weighted by molar-refractivity contribution is 0.362. The van der Waals surface area contributed by atoms with Crippen LogP contribution in [0.4, 0.5) is 5.69 Å². The Hall–Kier alpha value is -1.09. The molecule has 1 fully saturated rings. The molecule has 0 atom stereocenters. The van der Waals surface area contributed by atoms with E-state index in [0.717, 1.165) is 24.7 Å². The second kappa shape index (κ2) is 7.63. The standard InChI is InChI=1S/C17H29N3/c1-4-18-11-16-12-19-14(2)10-17(16)20(3)13-15-8-6-5-7-9-15/h10,12,15,18H,4-9,11,13H2,1-3H3. The van der Waals surface area contributed by atoms with Gasteiger partial charge in [0.2, 0.25) is 0 Å². The molecule has 1 aromatic rings. The minimum absolute atomic E-state index is 0.870. The molecule has 1 aliphatic carbocycles. The SMILES string of the molecule is CCNCc1cnc(C)cc1N(C)CC1CCCCC1. The van der Waals surface area contributed by atoms with E-state index in [2.05, 4.69) is 42.2 Å². The Bertz CT molecular complexity index is 411. The van der Waals surface area contributed by atoms with Gasteiger partial charge in [0.05, 0.1) is 0 Å². The van der Waals surface area contributed by atoms with Crippen LogP contribution in [0.5, 0.6) is 0 Å². The van der Waals surface area contributed by atoms with E-state index in [4.69, 9.17) is 0 Å². The average molecular weight is 275 g/mol. The Labute approximate surface area is 123 Å². The topological polar surface area (TPSA) is 28.2 Å². The summed E-state index contributed by atoms with van der Waals surface area (Å²) < 4.78 is 0. The zero-order valence-electron chi connectivity index (χ0n) is 13.3. The number of nitrogens with zero attached hydrogens (tertiary/aromatic N) is 2. The quantitative estimate of drug-likeness (QED) is 0.861. The molecule has 112 valence electrons. The molecule has 1 saturated carbocycles. The van der Waals surface area contributed by atoms with Gasteiger partial charge in [-0.3, -0.25) is 4.98 Å². The molecule has 1 aliphatic rings. The van der Waals surface area contributed by atoms with Crippen LogP contribution < -0.4 is 10.2 Å². The molecular formula is C17H29N3. The zero-order chi connectivity index (χ0) is 14.4. The summed E-state index contributed by atoms with van der Waals surface area (Å²) in [6.45, 7) is 7.32. The molecular weight excluding hydrogens is 246 g/mol. The number of nitrogens with one attached hydrogen (secondary N) is 1. The summed E-state index contributed by atoms with van der Waals surface area (Å²) in [6, 6.07) is 2.23. The number of aryl methyl sites for hydroxylation is 1. The van der Waals surface area contributed by atoms with E-state index in [-0.39, 0.29) is 0 Å². The van der Waals surface area contributed by atoms with E-state index in [1.54, 1.807) is 0 Å². The van der Waals surface area contributed by atoms with Crippen LogP contribution in [-0.4, -0.2) is 25.1 Å². The first-order chi connectivity index (χ1) is 9.70. The summed E-state index contributed by atoms with van der Waals surface area (Å²) in [7, 11) is 2.23. The molecule has 0 aliphatic heterocycles. The Kier molecular flexibility index (Phi) is 5.84. The molecule has 1 N–H and O–H groups in total. The van der Waals surface area contributed by atoms with Crippen molar-refractivity contribution >= 4 is 5.69 Å². The third-order valence-corrected chi connectivity index (χ3v) is 4.33. The maximum absolute atomic E-state index is 4.46. The van der Waals surface area contributed by atoms with Gasteiger partial charge in [0, 0.05) is 43.3 Å². The van der Waals surface area contributed by atoms with E-state index in [1.165, 1.54) is 49.9 Å². The van der Waals surface area contributed by atoms with Gasteiger partial charge in [0.1, 0.15) is 0 Å². The lowest BCUT2D eigenvalue weighted by Gasteiger charge is -2.29. The smallest absolute Gasteiger partial charge is 0.0443 e. The fourth-order valence-corrected chi connectivity index (χ4v) is 3.18. The first-order valence-corrected chi connectivity index (χ1v) is 8.08. The molecule has 0 bridgehead atoms. The van der Waals surface area contributed by atoms with Crippen LogP contribution in [-0.2, 0) is 6.54 Å².